The lowest BCUT2D eigenvalue weighted by Gasteiger charge is -2.07. The van der Waals surface area contributed by atoms with Gasteiger partial charge in [-0.2, -0.15) is 5.10 Å². The third-order valence-corrected chi connectivity index (χ3v) is 4.85. The topological polar surface area (TPSA) is 103 Å². The largest absolute Gasteiger partial charge is 0.433 e. The number of hydrazone groups is 1. The zero-order valence-corrected chi connectivity index (χ0v) is 16.2. The Hall–Kier alpha value is -3.91. The highest BCUT2D eigenvalue weighted by Gasteiger charge is 2.15. The van der Waals surface area contributed by atoms with Crippen LogP contribution in [0.1, 0.15) is 21.7 Å². The number of carbonyl (C=O) groups excluding carboxylic acids is 1. The van der Waals surface area contributed by atoms with Gasteiger partial charge >= 0.3 is 5.88 Å². The number of furan rings is 1. The Labute approximate surface area is 175 Å². The van der Waals surface area contributed by atoms with Crippen LogP contribution in [0.3, 0.4) is 0 Å². The molecule has 0 saturated carbocycles. The minimum absolute atomic E-state index is 0.156. The van der Waals surface area contributed by atoms with Crippen molar-refractivity contribution < 1.29 is 14.1 Å². The minimum atomic E-state index is -0.649. The Morgan fingerprint density at radius 3 is 2.70 bits per heavy atom. The van der Waals surface area contributed by atoms with E-state index in [1.165, 1.54) is 18.3 Å². The van der Waals surface area contributed by atoms with Crippen molar-refractivity contribution >= 4 is 40.5 Å². The van der Waals surface area contributed by atoms with E-state index in [2.05, 4.69) is 10.5 Å². The van der Waals surface area contributed by atoms with Gasteiger partial charge < -0.3 is 8.98 Å². The number of fused-ring (bicyclic) bond motifs is 1. The molecule has 150 valence electrons. The fraction of sp³-hybridized carbons (Fsp3) is 0.0476. The van der Waals surface area contributed by atoms with Crippen molar-refractivity contribution in [3.8, 4) is 0 Å². The molecule has 2 aromatic heterocycles. The first-order valence-electron chi connectivity index (χ1n) is 8.92. The molecule has 0 atom stereocenters. The first-order valence-corrected chi connectivity index (χ1v) is 9.29. The Bertz CT molecular complexity index is 1280. The van der Waals surface area contributed by atoms with Gasteiger partial charge in [-0.25, -0.2) is 5.43 Å². The van der Waals surface area contributed by atoms with Gasteiger partial charge in [-0.1, -0.05) is 48.0 Å². The average Bonchev–Trinajstić information content (AvgIpc) is 3.35. The second kappa shape index (κ2) is 8.22. The van der Waals surface area contributed by atoms with Gasteiger partial charge in [0, 0.05) is 28.7 Å². The Morgan fingerprint density at radius 2 is 1.93 bits per heavy atom. The standard InChI is InChI=1S/C21H15ClN4O4/c22-18-7-3-1-5-14(18)12-25-13-17(16-6-2-4-8-19(16)25)21(27)24-23-11-15-9-10-20(30-15)26(28)29/h1-11,13H,12H2,(H,24,27). The number of amides is 1. The van der Waals surface area contributed by atoms with Crippen LogP contribution >= 0.6 is 11.6 Å². The lowest BCUT2D eigenvalue weighted by Crippen LogP contribution is -2.17. The summed E-state index contributed by atoms with van der Waals surface area (Å²) in [6, 6.07) is 17.7. The summed E-state index contributed by atoms with van der Waals surface area (Å²) in [5.74, 6) is -0.657. The van der Waals surface area contributed by atoms with Gasteiger partial charge in [0.2, 0.25) is 0 Å². The molecule has 30 heavy (non-hydrogen) atoms. The quantitative estimate of drug-likeness (QED) is 0.278. The number of aromatic nitrogens is 1. The molecular formula is C21H15ClN4O4. The van der Waals surface area contributed by atoms with Crippen molar-refractivity contribution in [2.75, 3.05) is 0 Å². The van der Waals surface area contributed by atoms with Gasteiger partial charge in [0.1, 0.15) is 4.92 Å². The van der Waals surface area contributed by atoms with Gasteiger partial charge in [-0.15, -0.1) is 0 Å². The molecule has 0 unspecified atom stereocenters. The predicted octanol–water partition coefficient (Wildman–Crippen LogP) is 4.61. The van der Waals surface area contributed by atoms with E-state index in [1.54, 1.807) is 6.20 Å². The molecule has 0 spiro atoms. The summed E-state index contributed by atoms with van der Waals surface area (Å²) in [4.78, 5) is 22.7. The second-order valence-corrected chi connectivity index (χ2v) is 6.82. The number of para-hydroxylation sites is 1. The summed E-state index contributed by atoms with van der Waals surface area (Å²) in [5, 5.41) is 15.9. The summed E-state index contributed by atoms with van der Waals surface area (Å²) in [6.07, 6.45) is 2.95. The SMILES string of the molecule is O=C(NN=Cc1ccc([N+](=O)[O-])o1)c1cn(Cc2ccccc2Cl)c2ccccc12. The monoisotopic (exact) mass is 422 g/mol. The van der Waals surface area contributed by atoms with E-state index in [4.69, 9.17) is 16.0 Å². The minimum Gasteiger partial charge on any atom is -0.400 e. The average molecular weight is 423 g/mol. The van der Waals surface area contributed by atoms with Crippen molar-refractivity contribution in [2.24, 2.45) is 5.10 Å². The molecule has 1 amide bonds. The predicted molar refractivity (Wildman–Crippen MR) is 113 cm³/mol. The molecule has 0 saturated heterocycles. The van der Waals surface area contributed by atoms with Crippen LogP contribution in [0, 0.1) is 10.1 Å². The fourth-order valence-corrected chi connectivity index (χ4v) is 3.29. The van der Waals surface area contributed by atoms with Crippen molar-refractivity contribution in [3.05, 3.63) is 98.9 Å². The summed E-state index contributed by atoms with van der Waals surface area (Å²) in [6.45, 7) is 0.507. The molecule has 8 nitrogen and oxygen atoms in total. The summed E-state index contributed by atoms with van der Waals surface area (Å²) < 4.78 is 6.92. The number of carbonyl (C=O) groups is 1. The van der Waals surface area contributed by atoms with Crippen LogP contribution in [0.4, 0.5) is 5.88 Å². The molecule has 4 aromatic rings. The summed E-state index contributed by atoms with van der Waals surface area (Å²) >= 11 is 6.28. The van der Waals surface area contributed by atoms with Gasteiger partial charge in [-0.05, 0) is 23.8 Å². The lowest BCUT2D eigenvalue weighted by molar-refractivity contribution is -0.402. The van der Waals surface area contributed by atoms with E-state index >= 15 is 0 Å². The van der Waals surface area contributed by atoms with Crippen LogP contribution in [-0.4, -0.2) is 21.6 Å². The Balaban J connectivity index is 1.57. The number of benzene rings is 2. The summed E-state index contributed by atoms with van der Waals surface area (Å²) in [7, 11) is 0. The van der Waals surface area contributed by atoms with Crippen molar-refractivity contribution in [1.82, 2.24) is 9.99 Å². The van der Waals surface area contributed by atoms with Gasteiger partial charge in [0.25, 0.3) is 5.91 Å². The van der Waals surface area contributed by atoms with Crippen LogP contribution in [0.25, 0.3) is 10.9 Å². The second-order valence-electron chi connectivity index (χ2n) is 6.41. The highest BCUT2D eigenvalue weighted by molar-refractivity contribution is 6.31. The number of nitrogens with zero attached hydrogens (tertiary/aromatic N) is 3. The van der Waals surface area contributed by atoms with Crippen LogP contribution in [0.15, 0.2) is 76.4 Å². The molecule has 2 heterocycles. The highest BCUT2D eigenvalue weighted by Crippen LogP contribution is 2.24. The first kappa shape index (κ1) is 19.4. The molecule has 9 heteroatoms. The van der Waals surface area contributed by atoms with Crippen LogP contribution < -0.4 is 5.43 Å². The number of hydrogen-bond donors (Lipinski definition) is 1. The number of nitro groups is 1. The third-order valence-electron chi connectivity index (χ3n) is 4.48. The lowest BCUT2D eigenvalue weighted by atomic mass is 10.2. The van der Waals surface area contributed by atoms with Crippen molar-refractivity contribution in [2.45, 2.75) is 6.54 Å². The van der Waals surface area contributed by atoms with Crippen molar-refractivity contribution in [1.29, 1.82) is 0 Å². The normalized spacial score (nSPS) is 11.2. The maximum atomic E-state index is 12.7. The number of hydrogen-bond acceptors (Lipinski definition) is 5. The van der Waals surface area contributed by atoms with E-state index in [9.17, 15) is 14.9 Å². The number of halogens is 1. The smallest absolute Gasteiger partial charge is 0.400 e. The van der Waals surface area contributed by atoms with E-state index in [-0.39, 0.29) is 5.76 Å². The summed E-state index contributed by atoms with van der Waals surface area (Å²) in [5.41, 5.74) is 4.69. The fourth-order valence-electron chi connectivity index (χ4n) is 3.09. The highest BCUT2D eigenvalue weighted by atomic mass is 35.5. The van der Waals surface area contributed by atoms with Gasteiger partial charge in [0.05, 0.1) is 17.8 Å². The molecule has 0 aliphatic rings. The zero-order chi connectivity index (χ0) is 21.1. The van der Waals surface area contributed by atoms with E-state index < -0.39 is 16.7 Å². The van der Waals surface area contributed by atoms with Crippen molar-refractivity contribution in [3.63, 3.8) is 0 Å². The molecule has 1 N–H and O–H groups in total. The zero-order valence-electron chi connectivity index (χ0n) is 15.5. The molecule has 4 rings (SSSR count). The molecule has 0 aliphatic carbocycles. The molecule has 0 fully saturated rings. The molecular weight excluding hydrogens is 408 g/mol. The van der Waals surface area contributed by atoms with E-state index in [0.29, 0.717) is 17.1 Å². The Morgan fingerprint density at radius 1 is 1.17 bits per heavy atom. The number of rotatable bonds is 6. The van der Waals surface area contributed by atoms with Crippen LogP contribution in [-0.2, 0) is 6.54 Å². The maximum absolute atomic E-state index is 12.7. The molecule has 2 aromatic carbocycles. The van der Waals surface area contributed by atoms with Crippen LogP contribution in [0.5, 0.6) is 0 Å². The molecule has 0 radical (unpaired) electrons. The Kier molecular flexibility index (Phi) is 5.32. The van der Waals surface area contributed by atoms with Crippen LogP contribution in [0.2, 0.25) is 5.02 Å². The van der Waals surface area contributed by atoms with E-state index in [1.807, 2.05) is 53.1 Å². The van der Waals surface area contributed by atoms with E-state index in [0.717, 1.165) is 16.5 Å². The molecule has 0 aliphatic heterocycles. The number of nitrogens with one attached hydrogen (secondary N) is 1. The van der Waals surface area contributed by atoms with Gasteiger partial charge in [-0.3, -0.25) is 14.9 Å². The van der Waals surface area contributed by atoms with Gasteiger partial charge in [0.15, 0.2) is 5.76 Å². The first-order chi connectivity index (χ1) is 14.5. The third kappa shape index (κ3) is 3.94. The maximum Gasteiger partial charge on any atom is 0.433 e. The molecule has 0 bridgehead atoms.